The molecule has 1 aliphatic rings. The van der Waals surface area contributed by atoms with Crippen LogP contribution in [0.25, 0.3) is 0 Å². The molecule has 0 aromatic heterocycles. The minimum atomic E-state index is -0.374. The highest BCUT2D eigenvalue weighted by molar-refractivity contribution is 6.31. The summed E-state index contributed by atoms with van der Waals surface area (Å²) in [6.07, 6.45) is 0.469. The van der Waals surface area contributed by atoms with E-state index in [-0.39, 0.29) is 34.1 Å². The topological polar surface area (TPSA) is 80.4 Å². The molecular weight excluding hydrogens is 314 g/mol. The summed E-state index contributed by atoms with van der Waals surface area (Å²) in [6, 6.07) is 17.7. The van der Waals surface area contributed by atoms with Gasteiger partial charge in [-0.3, -0.25) is 9.59 Å². The van der Waals surface area contributed by atoms with Crippen LogP contribution >= 0.6 is 0 Å². The van der Waals surface area contributed by atoms with E-state index in [1.807, 2.05) is 30.3 Å². The lowest BCUT2D eigenvalue weighted by atomic mass is 9.81. The van der Waals surface area contributed by atoms with Crippen LogP contribution in [-0.2, 0) is 6.42 Å². The van der Waals surface area contributed by atoms with E-state index >= 15 is 0 Å². The molecule has 0 bridgehead atoms. The highest BCUT2D eigenvalue weighted by Crippen LogP contribution is 2.38. The number of benzene rings is 3. The lowest BCUT2D eigenvalue weighted by Gasteiger charge is -2.21. The molecule has 4 heteroatoms. The van der Waals surface area contributed by atoms with Gasteiger partial charge in [0.05, 0.1) is 11.1 Å². The first-order valence-corrected chi connectivity index (χ1v) is 7.94. The van der Waals surface area contributed by atoms with Crippen molar-refractivity contribution in [2.45, 2.75) is 6.42 Å². The minimum absolute atomic E-state index is 0.00184. The van der Waals surface area contributed by atoms with Crippen molar-refractivity contribution in [1.29, 1.82) is 0 Å². The fraction of sp³-hybridized carbons (Fsp3) is 0.0476. The molecule has 0 fully saturated rings. The summed E-state index contributed by atoms with van der Waals surface area (Å²) < 4.78 is 0. The normalized spacial score (nSPS) is 12.6. The first-order valence-electron chi connectivity index (χ1n) is 7.94. The molecule has 3 aromatic carbocycles. The van der Waals surface area contributed by atoms with Crippen LogP contribution < -0.4 is 5.73 Å². The standard InChI is InChI=1S/C21H15NO3/c22-19-13(10-12-6-2-1-3-7-12)11-16(23)17-18(19)21(25)15-9-5-4-8-14(15)20(17)24/h1-9,11,23H,10,22H2. The Labute approximate surface area is 144 Å². The summed E-state index contributed by atoms with van der Waals surface area (Å²) in [6.45, 7) is 0. The van der Waals surface area contributed by atoms with E-state index in [4.69, 9.17) is 5.73 Å². The Morgan fingerprint density at radius 3 is 2.00 bits per heavy atom. The molecule has 0 aliphatic heterocycles. The summed E-state index contributed by atoms with van der Waals surface area (Å²) in [5, 5.41) is 10.4. The van der Waals surface area contributed by atoms with Crippen molar-refractivity contribution in [2.75, 3.05) is 5.73 Å². The van der Waals surface area contributed by atoms with Gasteiger partial charge in [-0.2, -0.15) is 0 Å². The first kappa shape index (κ1) is 15.1. The number of carbonyl (C=O) groups is 2. The number of fused-ring (bicyclic) bond motifs is 2. The van der Waals surface area contributed by atoms with Gasteiger partial charge in [0.15, 0.2) is 11.6 Å². The Bertz CT molecular complexity index is 1020. The molecule has 0 atom stereocenters. The van der Waals surface area contributed by atoms with Crippen LogP contribution in [0.2, 0.25) is 0 Å². The number of nitrogens with two attached hydrogens (primary N) is 1. The molecule has 0 amide bonds. The van der Waals surface area contributed by atoms with Crippen LogP contribution in [0, 0.1) is 0 Å². The molecule has 4 nitrogen and oxygen atoms in total. The molecule has 0 saturated heterocycles. The van der Waals surface area contributed by atoms with Crippen LogP contribution in [0.3, 0.4) is 0 Å². The molecule has 0 unspecified atom stereocenters. The van der Waals surface area contributed by atoms with E-state index in [1.54, 1.807) is 24.3 Å². The third-order valence-electron chi connectivity index (χ3n) is 4.54. The van der Waals surface area contributed by atoms with Gasteiger partial charge in [-0.15, -0.1) is 0 Å². The summed E-state index contributed by atoms with van der Waals surface area (Å²) >= 11 is 0. The number of anilines is 1. The van der Waals surface area contributed by atoms with Gasteiger partial charge in [0.2, 0.25) is 0 Å². The summed E-state index contributed by atoms with van der Waals surface area (Å²) in [4.78, 5) is 25.6. The Hall–Kier alpha value is -3.40. The molecule has 3 aromatic rings. The smallest absolute Gasteiger partial charge is 0.198 e. The molecule has 0 heterocycles. The second-order valence-electron chi connectivity index (χ2n) is 6.08. The molecule has 0 radical (unpaired) electrons. The highest BCUT2D eigenvalue weighted by Gasteiger charge is 2.34. The quantitative estimate of drug-likeness (QED) is 0.436. The van der Waals surface area contributed by atoms with Gasteiger partial charge >= 0.3 is 0 Å². The molecule has 25 heavy (non-hydrogen) atoms. The molecule has 4 rings (SSSR count). The van der Waals surface area contributed by atoms with E-state index in [9.17, 15) is 14.7 Å². The number of rotatable bonds is 2. The average molecular weight is 329 g/mol. The molecule has 122 valence electrons. The lowest BCUT2D eigenvalue weighted by Crippen LogP contribution is -2.23. The number of hydrogen-bond acceptors (Lipinski definition) is 4. The van der Waals surface area contributed by atoms with Crippen LogP contribution in [-0.4, -0.2) is 16.7 Å². The van der Waals surface area contributed by atoms with Gasteiger partial charge in [-0.05, 0) is 23.6 Å². The molecule has 0 spiro atoms. The predicted molar refractivity (Wildman–Crippen MR) is 95.1 cm³/mol. The second-order valence-corrected chi connectivity index (χ2v) is 6.08. The maximum atomic E-state index is 12.9. The third-order valence-corrected chi connectivity index (χ3v) is 4.54. The van der Waals surface area contributed by atoms with E-state index in [1.165, 1.54) is 6.07 Å². The third kappa shape index (κ3) is 2.31. The van der Waals surface area contributed by atoms with Crippen molar-refractivity contribution in [1.82, 2.24) is 0 Å². The monoisotopic (exact) mass is 329 g/mol. The minimum Gasteiger partial charge on any atom is -0.507 e. The number of carbonyl (C=O) groups excluding carboxylic acids is 2. The maximum Gasteiger partial charge on any atom is 0.198 e. The Kier molecular flexibility index (Phi) is 3.39. The van der Waals surface area contributed by atoms with Crippen LogP contribution in [0.4, 0.5) is 5.69 Å². The van der Waals surface area contributed by atoms with E-state index in [0.717, 1.165) is 5.56 Å². The van der Waals surface area contributed by atoms with Gasteiger partial charge in [-0.25, -0.2) is 0 Å². The Balaban J connectivity index is 1.90. The number of aromatic hydroxyl groups is 1. The van der Waals surface area contributed by atoms with Crippen LogP contribution in [0.1, 0.15) is 43.0 Å². The van der Waals surface area contributed by atoms with Crippen molar-refractivity contribution in [3.05, 3.63) is 94.0 Å². The number of nitrogen functional groups attached to an aromatic ring is 1. The van der Waals surface area contributed by atoms with E-state index in [0.29, 0.717) is 23.1 Å². The van der Waals surface area contributed by atoms with Gasteiger partial charge in [0, 0.05) is 16.8 Å². The summed E-state index contributed by atoms with van der Waals surface area (Å²) in [5.74, 6) is -0.906. The first-order chi connectivity index (χ1) is 12.1. The van der Waals surface area contributed by atoms with E-state index in [2.05, 4.69) is 0 Å². The molecular formula is C21H15NO3. The van der Waals surface area contributed by atoms with Gasteiger partial charge < -0.3 is 10.8 Å². The van der Waals surface area contributed by atoms with Gasteiger partial charge in [-0.1, -0.05) is 54.6 Å². The van der Waals surface area contributed by atoms with Crippen molar-refractivity contribution < 1.29 is 14.7 Å². The second kappa shape index (κ2) is 5.60. The van der Waals surface area contributed by atoms with Gasteiger partial charge in [0.1, 0.15) is 5.75 Å². The number of phenolic OH excluding ortho intramolecular Hbond substituents is 1. The van der Waals surface area contributed by atoms with Crippen molar-refractivity contribution >= 4 is 17.3 Å². The summed E-state index contributed by atoms with van der Waals surface area (Å²) in [7, 11) is 0. The zero-order valence-corrected chi connectivity index (χ0v) is 13.3. The number of ketones is 2. The van der Waals surface area contributed by atoms with Crippen molar-refractivity contribution in [3.63, 3.8) is 0 Å². The van der Waals surface area contributed by atoms with E-state index < -0.39 is 0 Å². The predicted octanol–water partition coefficient (Wildman–Crippen LogP) is 3.34. The lowest BCUT2D eigenvalue weighted by molar-refractivity contribution is 0.0977. The largest absolute Gasteiger partial charge is 0.507 e. The fourth-order valence-electron chi connectivity index (χ4n) is 3.31. The molecule has 3 N–H and O–H groups in total. The zero-order chi connectivity index (χ0) is 17.6. The van der Waals surface area contributed by atoms with Crippen LogP contribution in [0.5, 0.6) is 5.75 Å². The SMILES string of the molecule is Nc1c(Cc2ccccc2)cc(O)c2c1C(=O)c1ccccc1C2=O. The Morgan fingerprint density at radius 1 is 0.800 bits per heavy atom. The average Bonchev–Trinajstić information content (AvgIpc) is 2.63. The fourth-order valence-corrected chi connectivity index (χ4v) is 3.31. The zero-order valence-electron chi connectivity index (χ0n) is 13.3. The van der Waals surface area contributed by atoms with Gasteiger partial charge in [0.25, 0.3) is 0 Å². The number of hydrogen-bond donors (Lipinski definition) is 2. The van der Waals surface area contributed by atoms with Crippen molar-refractivity contribution in [2.24, 2.45) is 0 Å². The molecule has 1 aliphatic carbocycles. The summed E-state index contributed by atoms with van der Waals surface area (Å²) in [5.41, 5.74) is 8.85. The number of phenols is 1. The maximum absolute atomic E-state index is 12.9. The van der Waals surface area contributed by atoms with Crippen molar-refractivity contribution in [3.8, 4) is 5.75 Å². The van der Waals surface area contributed by atoms with Crippen LogP contribution in [0.15, 0.2) is 60.7 Å². The molecule has 0 saturated carbocycles. The Morgan fingerprint density at radius 2 is 1.36 bits per heavy atom. The highest BCUT2D eigenvalue weighted by atomic mass is 16.3.